The second-order valence-corrected chi connectivity index (χ2v) is 6.04. The molecule has 6 heteroatoms. The number of amides is 2. The van der Waals surface area contributed by atoms with Gasteiger partial charge in [0.2, 0.25) is 5.13 Å². The van der Waals surface area contributed by atoms with E-state index < -0.39 is 0 Å². The monoisotopic (exact) mass is 304 g/mol. The Hall–Kier alpha value is -1.95. The number of unbranched alkanes of at least 4 members (excludes halogenated alkanes) is 1. The topological polar surface area (TPSA) is 66.9 Å². The highest BCUT2D eigenvalue weighted by Gasteiger charge is 2.08. The van der Waals surface area contributed by atoms with Crippen LogP contribution in [-0.2, 0) is 6.42 Å². The fraction of sp³-hybridized carbons (Fsp3) is 0.400. The summed E-state index contributed by atoms with van der Waals surface area (Å²) in [6, 6.07) is 5.52. The molecule has 0 fully saturated rings. The van der Waals surface area contributed by atoms with Crippen LogP contribution in [0.2, 0.25) is 0 Å². The highest BCUT2D eigenvalue weighted by atomic mass is 32.1. The Morgan fingerprint density at radius 2 is 2.00 bits per heavy atom. The van der Waals surface area contributed by atoms with Crippen LogP contribution in [0.3, 0.4) is 0 Å². The van der Waals surface area contributed by atoms with Crippen molar-refractivity contribution in [2.75, 3.05) is 10.6 Å². The number of hydrogen-bond donors (Lipinski definition) is 2. The van der Waals surface area contributed by atoms with Gasteiger partial charge in [-0.2, -0.15) is 0 Å². The molecule has 0 aliphatic heterocycles. The molecule has 2 amide bonds. The van der Waals surface area contributed by atoms with Crippen LogP contribution >= 0.6 is 11.3 Å². The zero-order valence-corrected chi connectivity index (χ0v) is 13.4. The molecule has 0 unspecified atom stereocenters. The van der Waals surface area contributed by atoms with E-state index in [9.17, 15) is 4.79 Å². The van der Waals surface area contributed by atoms with E-state index in [1.54, 1.807) is 0 Å². The van der Waals surface area contributed by atoms with Gasteiger partial charge in [-0.25, -0.2) is 4.79 Å². The summed E-state index contributed by atoms with van der Waals surface area (Å²) in [5.74, 6) is 0. The third-order valence-corrected chi connectivity index (χ3v) is 4.09. The molecule has 1 heterocycles. The quantitative estimate of drug-likeness (QED) is 0.872. The van der Waals surface area contributed by atoms with Crippen LogP contribution in [0.25, 0.3) is 0 Å². The first kappa shape index (κ1) is 15.4. The van der Waals surface area contributed by atoms with Crippen LogP contribution in [0.4, 0.5) is 15.6 Å². The maximum atomic E-state index is 11.9. The van der Waals surface area contributed by atoms with Gasteiger partial charge in [0.1, 0.15) is 5.01 Å². The Morgan fingerprint density at radius 3 is 2.71 bits per heavy atom. The summed E-state index contributed by atoms with van der Waals surface area (Å²) in [6.45, 7) is 6.19. The first-order chi connectivity index (χ1) is 10.1. The van der Waals surface area contributed by atoms with E-state index in [2.05, 4.69) is 27.8 Å². The minimum Gasteiger partial charge on any atom is -0.308 e. The van der Waals surface area contributed by atoms with Gasteiger partial charge >= 0.3 is 6.03 Å². The molecule has 2 aromatic rings. The minimum atomic E-state index is -0.295. The molecule has 5 nitrogen and oxygen atoms in total. The van der Waals surface area contributed by atoms with E-state index >= 15 is 0 Å². The molecule has 0 aliphatic rings. The molecule has 1 aromatic heterocycles. The van der Waals surface area contributed by atoms with E-state index in [1.807, 2.05) is 32.0 Å². The molecule has 0 saturated carbocycles. The van der Waals surface area contributed by atoms with Gasteiger partial charge in [0.25, 0.3) is 0 Å². The highest BCUT2D eigenvalue weighted by Crippen LogP contribution is 2.18. The Balaban J connectivity index is 1.91. The van der Waals surface area contributed by atoms with E-state index in [0.29, 0.717) is 5.13 Å². The van der Waals surface area contributed by atoms with Crippen molar-refractivity contribution in [3.63, 3.8) is 0 Å². The summed E-state index contributed by atoms with van der Waals surface area (Å²) in [5, 5.41) is 15.0. The van der Waals surface area contributed by atoms with Gasteiger partial charge in [-0.15, -0.1) is 10.2 Å². The lowest BCUT2D eigenvalue weighted by molar-refractivity contribution is 0.262. The molecule has 2 N–H and O–H groups in total. The molecular weight excluding hydrogens is 284 g/mol. The summed E-state index contributed by atoms with van der Waals surface area (Å²) < 4.78 is 0. The first-order valence-electron chi connectivity index (χ1n) is 7.06. The standard InChI is InChI=1S/C15H20N4OS/c1-4-5-6-13-18-19-15(21-13)17-14(20)16-12-8-7-10(2)11(3)9-12/h7-9H,4-6H2,1-3H3,(H2,16,17,19,20). The molecule has 0 bridgehead atoms. The largest absolute Gasteiger partial charge is 0.325 e. The maximum Gasteiger partial charge on any atom is 0.325 e. The van der Waals surface area contributed by atoms with Crippen molar-refractivity contribution >= 4 is 28.2 Å². The summed E-state index contributed by atoms with van der Waals surface area (Å²) in [4.78, 5) is 11.9. The number of benzene rings is 1. The lowest BCUT2D eigenvalue weighted by Crippen LogP contribution is -2.19. The molecule has 0 atom stereocenters. The van der Waals surface area contributed by atoms with Gasteiger partial charge < -0.3 is 5.32 Å². The first-order valence-corrected chi connectivity index (χ1v) is 7.87. The molecule has 0 spiro atoms. The van der Waals surface area contributed by atoms with Crippen molar-refractivity contribution in [2.45, 2.75) is 40.0 Å². The number of carbonyl (C=O) groups excluding carboxylic acids is 1. The number of carbonyl (C=O) groups is 1. The van der Waals surface area contributed by atoms with E-state index in [0.717, 1.165) is 35.5 Å². The minimum absolute atomic E-state index is 0.295. The van der Waals surface area contributed by atoms with Gasteiger partial charge in [0, 0.05) is 12.1 Å². The van der Waals surface area contributed by atoms with Crippen LogP contribution in [0.1, 0.15) is 35.9 Å². The maximum absolute atomic E-state index is 11.9. The summed E-state index contributed by atoms with van der Waals surface area (Å²) >= 11 is 1.42. The summed E-state index contributed by atoms with van der Waals surface area (Å²) in [6.07, 6.45) is 3.12. The van der Waals surface area contributed by atoms with E-state index in [4.69, 9.17) is 0 Å². The fourth-order valence-corrected chi connectivity index (χ4v) is 2.59. The number of urea groups is 1. The molecule has 0 saturated heterocycles. The Kier molecular flexibility index (Phi) is 5.27. The van der Waals surface area contributed by atoms with Crippen LogP contribution in [0, 0.1) is 13.8 Å². The van der Waals surface area contributed by atoms with Gasteiger partial charge in [-0.1, -0.05) is 30.7 Å². The van der Waals surface area contributed by atoms with E-state index in [-0.39, 0.29) is 6.03 Å². The second-order valence-electron chi connectivity index (χ2n) is 4.98. The third-order valence-electron chi connectivity index (χ3n) is 3.20. The summed E-state index contributed by atoms with van der Waals surface area (Å²) in [5.41, 5.74) is 3.11. The van der Waals surface area contributed by atoms with Crippen LogP contribution in [0.5, 0.6) is 0 Å². The molecule has 0 aliphatic carbocycles. The normalized spacial score (nSPS) is 10.4. The number of aromatic nitrogens is 2. The molecule has 2 rings (SSSR count). The Labute approximate surface area is 128 Å². The number of nitrogens with one attached hydrogen (secondary N) is 2. The molecular formula is C15H20N4OS. The molecule has 1 aromatic carbocycles. The third kappa shape index (κ3) is 4.53. The Bertz CT molecular complexity index is 624. The lowest BCUT2D eigenvalue weighted by atomic mass is 10.1. The molecule has 0 radical (unpaired) electrons. The molecule has 21 heavy (non-hydrogen) atoms. The molecule has 112 valence electrons. The number of aryl methyl sites for hydroxylation is 3. The van der Waals surface area contributed by atoms with Crippen molar-refractivity contribution in [3.05, 3.63) is 34.3 Å². The highest BCUT2D eigenvalue weighted by molar-refractivity contribution is 7.15. The SMILES string of the molecule is CCCCc1nnc(NC(=O)Nc2ccc(C)c(C)c2)s1. The van der Waals surface area contributed by atoms with Crippen molar-refractivity contribution < 1.29 is 4.79 Å². The number of nitrogens with zero attached hydrogens (tertiary/aromatic N) is 2. The zero-order valence-electron chi connectivity index (χ0n) is 12.6. The van der Waals surface area contributed by atoms with Gasteiger partial charge in [-0.05, 0) is 43.5 Å². The van der Waals surface area contributed by atoms with Crippen LogP contribution in [-0.4, -0.2) is 16.2 Å². The number of hydrogen-bond acceptors (Lipinski definition) is 4. The van der Waals surface area contributed by atoms with Gasteiger partial charge in [-0.3, -0.25) is 5.32 Å². The van der Waals surface area contributed by atoms with Gasteiger partial charge in [0.15, 0.2) is 0 Å². The smallest absolute Gasteiger partial charge is 0.308 e. The Morgan fingerprint density at radius 1 is 1.19 bits per heavy atom. The predicted molar refractivity (Wildman–Crippen MR) is 87.1 cm³/mol. The predicted octanol–water partition coefficient (Wildman–Crippen LogP) is 4.14. The van der Waals surface area contributed by atoms with Crippen molar-refractivity contribution in [1.29, 1.82) is 0 Å². The fourth-order valence-electron chi connectivity index (χ4n) is 1.81. The van der Waals surface area contributed by atoms with Gasteiger partial charge in [0.05, 0.1) is 0 Å². The average molecular weight is 304 g/mol. The summed E-state index contributed by atoms with van der Waals surface area (Å²) in [7, 11) is 0. The van der Waals surface area contributed by atoms with Crippen LogP contribution < -0.4 is 10.6 Å². The van der Waals surface area contributed by atoms with Crippen LogP contribution in [0.15, 0.2) is 18.2 Å². The zero-order chi connectivity index (χ0) is 15.2. The number of rotatable bonds is 5. The number of anilines is 2. The van der Waals surface area contributed by atoms with Crippen molar-refractivity contribution in [1.82, 2.24) is 10.2 Å². The second kappa shape index (κ2) is 7.17. The van der Waals surface area contributed by atoms with Crippen molar-refractivity contribution in [3.8, 4) is 0 Å². The van der Waals surface area contributed by atoms with E-state index in [1.165, 1.54) is 16.9 Å². The van der Waals surface area contributed by atoms with Crippen molar-refractivity contribution in [2.24, 2.45) is 0 Å². The average Bonchev–Trinajstić information content (AvgIpc) is 2.88. The lowest BCUT2D eigenvalue weighted by Gasteiger charge is -2.07.